The summed E-state index contributed by atoms with van der Waals surface area (Å²) in [5.41, 5.74) is 2.28. The van der Waals surface area contributed by atoms with Crippen molar-refractivity contribution in [2.24, 2.45) is 0 Å². The number of carbonyl (C=O) groups excluding carboxylic acids is 1. The summed E-state index contributed by atoms with van der Waals surface area (Å²) in [6, 6.07) is 11.6. The number of hydrogen-bond acceptors (Lipinski definition) is 1. The maximum Gasteiger partial charge on any atom is 0.319 e. The molecule has 0 heterocycles. The molecule has 2 aromatic rings. The maximum absolute atomic E-state index is 13.6. The number of hydrogen-bond donors (Lipinski definition) is 2. The van der Waals surface area contributed by atoms with Crippen LogP contribution in [0.1, 0.15) is 18.1 Å². The van der Waals surface area contributed by atoms with Crippen molar-refractivity contribution < 1.29 is 9.18 Å². The monoisotopic (exact) mass is 306 g/mol. The van der Waals surface area contributed by atoms with Gasteiger partial charge in [0.15, 0.2) is 0 Å². The highest BCUT2D eigenvalue weighted by Gasteiger charge is 2.06. The van der Waals surface area contributed by atoms with E-state index in [-0.39, 0.29) is 12.6 Å². The Morgan fingerprint density at radius 1 is 1.19 bits per heavy atom. The normalized spacial score (nSPS) is 10.2. The molecule has 2 amide bonds. The average molecular weight is 307 g/mol. The first kappa shape index (κ1) is 15.3. The lowest BCUT2D eigenvalue weighted by Crippen LogP contribution is -2.28. The maximum atomic E-state index is 13.6. The van der Waals surface area contributed by atoms with Crippen LogP contribution in [0.2, 0.25) is 5.02 Å². The van der Waals surface area contributed by atoms with Gasteiger partial charge >= 0.3 is 6.03 Å². The lowest BCUT2D eigenvalue weighted by Gasteiger charge is -2.09. The first-order valence-corrected chi connectivity index (χ1v) is 7.04. The molecule has 3 nitrogen and oxygen atoms in total. The van der Waals surface area contributed by atoms with E-state index in [1.54, 1.807) is 12.1 Å². The highest BCUT2D eigenvalue weighted by atomic mass is 35.5. The Bertz CT molecular complexity index is 629. The summed E-state index contributed by atoms with van der Waals surface area (Å²) >= 11 is 5.67. The Balaban J connectivity index is 1.89. The topological polar surface area (TPSA) is 41.1 Å². The van der Waals surface area contributed by atoms with Crippen molar-refractivity contribution in [2.75, 3.05) is 5.32 Å². The molecule has 0 unspecified atom stereocenters. The van der Waals surface area contributed by atoms with E-state index in [0.717, 1.165) is 6.42 Å². The standard InChI is InChI=1S/C16H16ClFN2O/c1-2-11-3-7-14(8-4-11)20-16(21)19-10-12-5-6-13(17)9-15(12)18/h3-9H,2,10H2,1H3,(H2,19,20,21). The lowest BCUT2D eigenvalue weighted by atomic mass is 10.1. The average Bonchev–Trinajstić information content (AvgIpc) is 2.47. The molecule has 2 N–H and O–H groups in total. The molecule has 0 aliphatic rings. The molecule has 5 heteroatoms. The molecule has 0 saturated heterocycles. The van der Waals surface area contributed by atoms with Gasteiger partial charge in [-0.1, -0.05) is 36.7 Å². The summed E-state index contributed by atoms with van der Waals surface area (Å²) in [5, 5.41) is 5.63. The van der Waals surface area contributed by atoms with Gasteiger partial charge in [0.2, 0.25) is 0 Å². The first-order valence-electron chi connectivity index (χ1n) is 6.66. The number of halogens is 2. The van der Waals surface area contributed by atoms with Crippen LogP contribution in [0.3, 0.4) is 0 Å². The Labute approximate surface area is 128 Å². The first-order chi connectivity index (χ1) is 10.1. The third-order valence-electron chi connectivity index (χ3n) is 3.07. The summed E-state index contributed by atoms with van der Waals surface area (Å²) < 4.78 is 13.6. The van der Waals surface area contributed by atoms with Gasteiger partial charge in [-0.05, 0) is 36.2 Å². The van der Waals surface area contributed by atoms with E-state index in [1.165, 1.54) is 11.6 Å². The van der Waals surface area contributed by atoms with Crippen molar-refractivity contribution in [2.45, 2.75) is 19.9 Å². The molecule has 110 valence electrons. The molecule has 0 aromatic heterocycles. The van der Waals surface area contributed by atoms with Crippen LogP contribution in [0.5, 0.6) is 0 Å². The molecular formula is C16H16ClFN2O. The molecule has 0 saturated carbocycles. The predicted octanol–water partition coefficient (Wildman–Crippen LogP) is 4.36. The molecule has 21 heavy (non-hydrogen) atoms. The number of aryl methyl sites for hydroxylation is 1. The number of benzene rings is 2. The third kappa shape index (κ3) is 4.46. The fraction of sp³-hybridized carbons (Fsp3) is 0.188. The van der Waals surface area contributed by atoms with Gasteiger partial charge in [-0.25, -0.2) is 9.18 Å². The van der Waals surface area contributed by atoms with Crippen LogP contribution in [-0.4, -0.2) is 6.03 Å². The minimum Gasteiger partial charge on any atom is -0.334 e. The Kier molecular flexibility index (Phi) is 5.17. The summed E-state index contributed by atoms with van der Waals surface area (Å²) in [6.07, 6.45) is 0.947. The Morgan fingerprint density at radius 2 is 1.90 bits per heavy atom. The SMILES string of the molecule is CCc1ccc(NC(=O)NCc2ccc(Cl)cc2F)cc1. The minimum absolute atomic E-state index is 0.0991. The van der Waals surface area contributed by atoms with Gasteiger partial charge in [0, 0.05) is 22.8 Å². The van der Waals surface area contributed by atoms with Crippen molar-refractivity contribution in [3.05, 3.63) is 64.4 Å². The number of urea groups is 1. The number of carbonyl (C=O) groups is 1. The van der Waals surface area contributed by atoms with Crippen LogP contribution in [0.25, 0.3) is 0 Å². The highest BCUT2D eigenvalue weighted by molar-refractivity contribution is 6.30. The van der Waals surface area contributed by atoms with Crippen LogP contribution < -0.4 is 10.6 Å². The Morgan fingerprint density at radius 3 is 2.52 bits per heavy atom. The predicted molar refractivity (Wildman–Crippen MR) is 83.1 cm³/mol. The molecule has 2 aromatic carbocycles. The van der Waals surface area contributed by atoms with Gasteiger partial charge in [-0.2, -0.15) is 0 Å². The van der Waals surface area contributed by atoms with Crippen molar-refractivity contribution >= 4 is 23.3 Å². The summed E-state index contributed by atoms with van der Waals surface area (Å²) in [7, 11) is 0. The van der Waals surface area contributed by atoms with E-state index in [1.807, 2.05) is 24.3 Å². The molecular weight excluding hydrogens is 291 g/mol. The zero-order valence-corrected chi connectivity index (χ0v) is 12.4. The number of rotatable bonds is 4. The van der Waals surface area contributed by atoms with Crippen LogP contribution in [0.4, 0.5) is 14.9 Å². The van der Waals surface area contributed by atoms with E-state index in [2.05, 4.69) is 17.6 Å². The molecule has 0 spiro atoms. The van der Waals surface area contributed by atoms with E-state index < -0.39 is 5.82 Å². The summed E-state index contributed by atoms with van der Waals surface area (Å²) in [4.78, 5) is 11.7. The van der Waals surface area contributed by atoms with E-state index in [0.29, 0.717) is 16.3 Å². The van der Waals surface area contributed by atoms with Gasteiger partial charge in [0.25, 0.3) is 0 Å². The van der Waals surface area contributed by atoms with E-state index >= 15 is 0 Å². The van der Waals surface area contributed by atoms with Crippen LogP contribution in [0.15, 0.2) is 42.5 Å². The quantitative estimate of drug-likeness (QED) is 0.865. The van der Waals surface area contributed by atoms with Crippen molar-refractivity contribution in [3.63, 3.8) is 0 Å². The van der Waals surface area contributed by atoms with E-state index in [4.69, 9.17) is 11.6 Å². The molecule has 0 radical (unpaired) electrons. The molecule has 0 aliphatic carbocycles. The zero-order valence-electron chi connectivity index (χ0n) is 11.6. The second-order valence-corrected chi connectivity index (χ2v) is 5.03. The zero-order chi connectivity index (χ0) is 15.2. The summed E-state index contributed by atoms with van der Waals surface area (Å²) in [5.74, 6) is -0.435. The largest absolute Gasteiger partial charge is 0.334 e. The van der Waals surface area contributed by atoms with Crippen LogP contribution in [-0.2, 0) is 13.0 Å². The van der Waals surface area contributed by atoms with Gasteiger partial charge < -0.3 is 10.6 Å². The lowest BCUT2D eigenvalue weighted by molar-refractivity contribution is 0.251. The molecule has 0 bridgehead atoms. The van der Waals surface area contributed by atoms with Crippen LogP contribution >= 0.6 is 11.6 Å². The van der Waals surface area contributed by atoms with E-state index in [9.17, 15) is 9.18 Å². The second-order valence-electron chi connectivity index (χ2n) is 4.59. The van der Waals surface area contributed by atoms with Gasteiger partial charge in [-0.15, -0.1) is 0 Å². The third-order valence-corrected chi connectivity index (χ3v) is 3.31. The van der Waals surface area contributed by atoms with Crippen molar-refractivity contribution in [3.8, 4) is 0 Å². The highest BCUT2D eigenvalue weighted by Crippen LogP contribution is 2.14. The van der Waals surface area contributed by atoms with Gasteiger partial charge in [0.05, 0.1) is 0 Å². The smallest absolute Gasteiger partial charge is 0.319 e. The van der Waals surface area contributed by atoms with Gasteiger partial charge in [0.1, 0.15) is 5.82 Å². The molecule has 0 fully saturated rings. The molecule has 0 atom stereocenters. The minimum atomic E-state index is -0.435. The van der Waals surface area contributed by atoms with Gasteiger partial charge in [-0.3, -0.25) is 0 Å². The van der Waals surface area contributed by atoms with Crippen molar-refractivity contribution in [1.82, 2.24) is 5.32 Å². The fourth-order valence-electron chi connectivity index (χ4n) is 1.84. The molecule has 0 aliphatic heterocycles. The second kappa shape index (κ2) is 7.09. The number of amides is 2. The number of nitrogens with one attached hydrogen (secondary N) is 2. The van der Waals surface area contributed by atoms with Crippen molar-refractivity contribution in [1.29, 1.82) is 0 Å². The Hall–Kier alpha value is -2.07. The molecule has 2 rings (SSSR count). The fourth-order valence-corrected chi connectivity index (χ4v) is 2.00. The number of anilines is 1. The van der Waals surface area contributed by atoms with Crippen LogP contribution in [0, 0.1) is 5.82 Å². The summed E-state index contributed by atoms with van der Waals surface area (Å²) in [6.45, 7) is 2.16.